The molecule has 0 spiro atoms. The maximum absolute atomic E-state index is 14.7. The number of rotatable bonds is 3. The SMILES string of the molecule is CC1CCC[C@H](N2CCC(c3c(F)ccc(Cl)c3F)=CC2=O)c2cc(ccn2)-c2ccc(NC(=O)O)cc2C(=O)N1. The normalized spacial score (nSPS) is 19.3. The number of anilines is 1. The number of fused-ring (bicyclic) bond motifs is 4. The van der Waals surface area contributed by atoms with Crippen molar-refractivity contribution in [1.29, 1.82) is 0 Å². The van der Waals surface area contributed by atoms with Gasteiger partial charge in [-0.1, -0.05) is 17.7 Å². The molecule has 212 valence electrons. The quantitative estimate of drug-likeness (QED) is 0.309. The topological polar surface area (TPSA) is 112 Å². The van der Waals surface area contributed by atoms with Crippen LogP contribution in [0.2, 0.25) is 5.02 Å². The summed E-state index contributed by atoms with van der Waals surface area (Å²) in [6.45, 7) is 2.10. The lowest BCUT2D eigenvalue weighted by molar-refractivity contribution is -0.129. The molecule has 0 radical (unpaired) electrons. The van der Waals surface area contributed by atoms with Crippen LogP contribution < -0.4 is 10.6 Å². The maximum Gasteiger partial charge on any atom is 0.409 e. The number of halogens is 3. The Morgan fingerprint density at radius 3 is 2.68 bits per heavy atom. The second-order valence-electron chi connectivity index (χ2n) is 10.2. The van der Waals surface area contributed by atoms with E-state index in [0.29, 0.717) is 41.6 Å². The Bertz CT molecular complexity index is 1580. The molecule has 11 heteroatoms. The smallest absolute Gasteiger partial charge is 0.409 e. The highest BCUT2D eigenvalue weighted by molar-refractivity contribution is 6.31. The first-order valence-corrected chi connectivity index (χ1v) is 13.6. The summed E-state index contributed by atoms with van der Waals surface area (Å²) in [5.41, 5.74) is 2.37. The number of carbonyl (C=O) groups is 3. The second-order valence-corrected chi connectivity index (χ2v) is 10.6. The first-order chi connectivity index (χ1) is 19.6. The third-order valence-corrected chi connectivity index (χ3v) is 7.68. The van der Waals surface area contributed by atoms with Crippen LogP contribution in [0.25, 0.3) is 16.7 Å². The van der Waals surface area contributed by atoms with Crippen molar-refractivity contribution in [1.82, 2.24) is 15.2 Å². The predicted molar refractivity (Wildman–Crippen MR) is 151 cm³/mol. The van der Waals surface area contributed by atoms with E-state index in [4.69, 9.17) is 16.7 Å². The third kappa shape index (κ3) is 5.92. The second kappa shape index (κ2) is 11.7. The zero-order chi connectivity index (χ0) is 29.3. The van der Waals surface area contributed by atoms with Crippen LogP contribution >= 0.6 is 11.6 Å². The molecule has 0 saturated heterocycles. The van der Waals surface area contributed by atoms with Gasteiger partial charge in [0, 0.05) is 36.1 Å². The van der Waals surface area contributed by atoms with E-state index < -0.39 is 23.8 Å². The fraction of sp³-hybridized carbons (Fsp3) is 0.267. The van der Waals surface area contributed by atoms with Gasteiger partial charge in [-0.15, -0.1) is 0 Å². The van der Waals surface area contributed by atoms with Crippen molar-refractivity contribution in [2.24, 2.45) is 0 Å². The zero-order valence-electron chi connectivity index (χ0n) is 22.1. The summed E-state index contributed by atoms with van der Waals surface area (Å²) in [5.74, 6) is -2.39. The van der Waals surface area contributed by atoms with Gasteiger partial charge >= 0.3 is 6.09 Å². The lowest BCUT2D eigenvalue weighted by Gasteiger charge is -2.34. The molecule has 8 nitrogen and oxygen atoms in total. The van der Waals surface area contributed by atoms with E-state index in [-0.39, 0.29) is 52.7 Å². The Morgan fingerprint density at radius 2 is 1.93 bits per heavy atom. The average Bonchev–Trinajstić information content (AvgIpc) is 2.93. The molecule has 0 aliphatic carbocycles. The minimum Gasteiger partial charge on any atom is -0.465 e. The molecule has 2 aliphatic heterocycles. The summed E-state index contributed by atoms with van der Waals surface area (Å²) in [4.78, 5) is 44.0. The highest BCUT2D eigenvalue weighted by Gasteiger charge is 2.31. The Labute approximate surface area is 240 Å². The van der Waals surface area contributed by atoms with E-state index in [1.165, 1.54) is 12.1 Å². The molecule has 0 saturated carbocycles. The van der Waals surface area contributed by atoms with Crippen LogP contribution in [-0.2, 0) is 4.79 Å². The van der Waals surface area contributed by atoms with E-state index in [2.05, 4.69) is 15.6 Å². The molecule has 1 aromatic heterocycles. The Hall–Kier alpha value is -4.31. The van der Waals surface area contributed by atoms with Crippen molar-refractivity contribution in [2.75, 3.05) is 11.9 Å². The van der Waals surface area contributed by atoms with Gasteiger partial charge in [0.2, 0.25) is 5.91 Å². The molecule has 2 atom stereocenters. The van der Waals surface area contributed by atoms with E-state index in [9.17, 15) is 23.2 Å². The number of pyridine rings is 1. The fourth-order valence-corrected chi connectivity index (χ4v) is 5.58. The van der Waals surface area contributed by atoms with Gasteiger partial charge in [-0.25, -0.2) is 13.6 Å². The molecular weight excluding hydrogens is 554 g/mol. The minimum atomic E-state index is -1.25. The van der Waals surface area contributed by atoms with Crippen LogP contribution in [-0.4, -0.2) is 45.5 Å². The summed E-state index contributed by atoms with van der Waals surface area (Å²) >= 11 is 5.88. The minimum absolute atomic E-state index is 0.199. The number of carboxylic acid groups (broad SMARTS) is 1. The van der Waals surface area contributed by atoms with E-state index in [1.54, 1.807) is 29.3 Å². The van der Waals surface area contributed by atoms with E-state index in [0.717, 1.165) is 12.1 Å². The molecule has 3 amide bonds. The Balaban J connectivity index is 1.53. The highest BCUT2D eigenvalue weighted by Crippen LogP contribution is 2.36. The average molecular weight is 581 g/mol. The van der Waals surface area contributed by atoms with Gasteiger partial charge < -0.3 is 15.3 Å². The first kappa shape index (κ1) is 28.2. The van der Waals surface area contributed by atoms with Crippen LogP contribution in [0.5, 0.6) is 0 Å². The zero-order valence-corrected chi connectivity index (χ0v) is 22.8. The van der Waals surface area contributed by atoms with E-state index >= 15 is 0 Å². The lowest BCUT2D eigenvalue weighted by Crippen LogP contribution is -2.38. The van der Waals surface area contributed by atoms with Gasteiger partial charge in [0.15, 0.2) is 5.82 Å². The number of hydrogen-bond acceptors (Lipinski definition) is 4. The molecule has 3 heterocycles. The summed E-state index contributed by atoms with van der Waals surface area (Å²) in [7, 11) is 0. The van der Waals surface area contributed by atoms with Crippen molar-refractivity contribution in [2.45, 2.75) is 44.7 Å². The first-order valence-electron chi connectivity index (χ1n) is 13.2. The molecule has 5 rings (SSSR count). The summed E-state index contributed by atoms with van der Waals surface area (Å²) in [5, 5.41) is 14.2. The molecule has 3 N–H and O–H groups in total. The molecular formula is C30H27ClF2N4O4. The Morgan fingerprint density at radius 1 is 1.12 bits per heavy atom. The number of carbonyl (C=O) groups excluding carboxylic acids is 2. The van der Waals surface area contributed by atoms with Crippen LogP contribution in [0.1, 0.15) is 60.3 Å². The third-order valence-electron chi connectivity index (χ3n) is 7.39. The van der Waals surface area contributed by atoms with Crippen molar-refractivity contribution in [3.63, 3.8) is 0 Å². The summed E-state index contributed by atoms with van der Waals surface area (Å²) in [6.07, 6.45) is 3.67. The van der Waals surface area contributed by atoms with Crippen molar-refractivity contribution in [3.05, 3.63) is 88.2 Å². The van der Waals surface area contributed by atoms with E-state index in [1.807, 2.05) is 13.0 Å². The number of amides is 3. The van der Waals surface area contributed by atoms with Crippen LogP contribution in [0.15, 0.2) is 54.7 Å². The number of nitrogens with zero attached hydrogens (tertiary/aromatic N) is 2. The molecule has 1 unspecified atom stereocenters. The summed E-state index contributed by atoms with van der Waals surface area (Å²) < 4.78 is 29.2. The number of nitrogens with one attached hydrogen (secondary N) is 2. The molecule has 41 heavy (non-hydrogen) atoms. The lowest BCUT2D eigenvalue weighted by atomic mass is 9.92. The highest BCUT2D eigenvalue weighted by atomic mass is 35.5. The standard InChI is InChI=1S/C30H27ClF2N4O4/c1-16-3-2-4-25(37-12-10-18(14-26(37)38)27-23(32)8-7-22(31)28(27)33)24-13-17(9-11-34-24)20-6-5-19(36-30(40)41)15-21(20)29(39)35-16/h5-9,11,13-16,25,36H,2-4,10,12H2,1H3,(H,35,39)(H,40,41)/t16?,25-/m0/s1. The molecule has 2 bridgehead atoms. The molecule has 0 fully saturated rings. The van der Waals surface area contributed by atoms with Crippen LogP contribution in [0.4, 0.5) is 19.3 Å². The maximum atomic E-state index is 14.7. The molecule has 2 aliphatic rings. The summed E-state index contributed by atoms with van der Waals surface area (Å²) in [6, 6.07) is 9.89. The van der Waals surface area contributed by atoms with Crippen LogP contribution in [0, 0.1) is 11.6 Å². The number of hydrogen-bond donors (Lipinski definition) is 3. The largest absolute Gasteiger partial charge is 0.465 e. The molecule has 3 aromatic rings. The van der Waals surface area contributed by atoms with Gasteiger partial charge in [-0.3, -0.25) is 19.9 Å². The number of aromatic nitrogens is 1. The monoisotopic (exact) mass is 580 g/mol. The van der Waals surface area contributed by atoms with Gasteiger partial charge in [-0.05, 0) is 85.7 Å². The van der Waals surface area contributed by atoms with Gasteiger partial charge in [0.05, 0.1) is 22.3 Å². The Kier molecular flexibility index (Phi) is 8.03. The number of benzene rings is 2. The van der Waals surface area contributed by atoms with Crippen molar-refractivity contribution >= 4 is 40.8 Å². The van der Waals surface area contributed by atoms with Crippen molar-refractivity contribution < 1.29 is 28.3 Å². The fourth-order valence-electron chi connectivity index (χ4n) is 5.42. The van der Waals surface area contributed by atoms with Crippen molar-refractivity contribution in [3.8, 4) is 11.1 Å². The van der Waals surface area contributed by atoms with Crippen LogP contribution in [0.3, 0.4) is 0 Å². The van der Waals surface area contributed by atoms with Gasteiger partial charge in [0.1, 0.15) is 5.82 Å². The molecule has 2 aromatic carbocycles. The van der Waals surface area contributed by atoms with Gasteiger partial charge in [-0.2, -0.15) is 0 Å². The predicted octanol–water partition coefficient (Wildman–Crippen LogP) is 6.43. The van der Waals surface area contributed by atoms with Gasteiger partial charge in [0.25, 0.3) is 5.91 Å².